The third-order valence-corrected chi connectivity index (χ3v) is 3.94. The molecule has 22 heavy (non-hydrogen) atoms. The van der Waals surface area contributed by atoms with Crippen molar-refractivity contribution in [2.45, 2.75) is 27.2 Å². The van der Waals surface area contributed by atoms with Gasteiger partial charge < -0.3 is 9.47 Å². The molecule has 0 aliphatic carbocycles. The quantitative estimate of drug-likeness (QED) is 0.601. The lowest BCUT2D eigenvalue weighted by atomic mass is 10.1. The van der Waals surface area contributed by atoms with Crippen LogP contribution in [0, 0.1) is 13.8 Å². The molecular weight excluding hydrogens is 300 g/mol. The minimum atomic E-state index is -0.438. The van der Waals surface area contributed by atoms with Gasteiger partial charge in [0.25, 0.3) is 0 Å². The number of rotatable bonds is 5. The highest BCUT2D eigenvalue weighted by molar-refractivity contribution is 6.32. The molecule has 0 saturated carbocycles. The highest BCUT2D eigenvalue weighted by atomic mass is 35.5. The van der Waals surface area contributed by atoms with E-state index in [1.165, 1.54) is 0 Å². The van der Waals surface area contributed by atoms with E-state index in [1.54, 1.807) is 12.1 Å². The van der Waals surface area contributed by atoms with E-state index in [0.717, 1.165) is 23.1 Å². The van der Waals surface area contributed by atoms with Gasteiger partial charge in [-0.05, 0) is 55.2 Å². The zero-order valence-electron chi connectivity index (χ0n) is 13.0. The monoisotopic (exact) mass is 318 g/mol. The predicted octanol–water partition coefficient (Wildman–Crippen LogP) is 4.50. The fraction of sp³-hybridized carbons (Fsp3) is 0.278. The molecule has 2 aromatic rings. The second-order valence-electron chi connectivity index (χ2n) is 5.10. The lowest BCUT2D eigenvalue weighted by Crippen LogP contribution is -2.18. The number of carbonyl (C=O) groups is 1. The molecule has 3 nitrogen and oxygen atoms in total. The molecule has 0 atom stereocenters. The van der Waals surface area contributed by atoms with Crippen LogP contribution >= 0.6 is 11.6 Å². The number of hydrogen-bond donors (Lipinski definition) is 0. The van der Waals surface area contributed by atoms with Gasteiger partial charge in [0.1, 0.15) is 11.5 Å². The molecule has 0 aromatic heterocycles. The predicted molar refractivity (Wildman–Crippen MR) is 87.9 cm³/mol. The first-order valence-electron chi connectivity index (χ1n) is 7.19. The molecule has 0 spiro atoms. The fourth-order valence-corrected chi connectivity index (χ4v) is 2.31. The SMILES string of the molecule is CCc1ccccc1OCC(=O)Oc1cc(C)c(Cl)c(C)c1. The molecule has 0 saturated heterocycles. The van der Waals surface area contributed by atoms with Crippen molar-refractivity contribution in [3.63, 3.8) is 0 Å². The fourth-order valence-electron chi connectivity index (χ4n) is 2.20. The van der Waals surface area contributed by atoms with E-state index in [1.807, 2.05) is 45.0 Å². The van der Waals surface area contributed by atoms with Crippen molar-refractivity contribution in [2.24, 2.45) is 0 Å². The molecule has 0 bridgehead atoms. The van der Waals surface area contributed by atoms with Crippen LogP contribution in [0.4, 0.5) is 0 Å². The summed E-state index contributed by atoms with van der Waals surface area (Å²) >= 11 is 6.10. The normalized spacial score (nSPS) is 10.4. The maximum Gasteiger partial charge on any atom is 0.349 e. The van der Waals surface area contributed by atoms with Crippen LogP contribution in [0.25, 0.3) is 0 Å². The van der Waals surface area contributed by atoms with E-state index in [0.29, 0.717) is 16.5 Å². The van der Waals surface area contributed by atoms with Gasteiger partial charge in [-0.15, -0.1) is 0 Å². The number of benzene rings is 2. The minimum absolute atomic E-state index is 0.127. The second kappa shape index (κ2) is 7.32. The average Bonchev–Trinajstić information content (AvgIpc) is 2.50. The standard InChI is InChI=1S/C18H19ClO3/c1-4-14-7-5-6-8-16(14)21-11-17(20)22-15-9-12(2)18(19)13(3)10-15/h5-10H,4,11H2,1-3H3. The van der Waals surface area contributed by atoms with Crippen LogP contribution in [0.15, 0.2) is 36.4 Å². The number of hydrogen-bond acceptors (Lipinski definition) is 3. The Morgan fingerprint density at radius 3 is 2.41 bits per heavy atom. The van der Waals surface area contributed by atoms with E-state index in [2.05, 4.69) is 0 Å². The van der Waals surface area contributed by atoms with Crippen molar-refractivity contribution in [2.75, 3.05) is 6.61 Å². The largest absolute Gasteiger partial charge is 0.482 e. The lowest BCUT2D eigenvalue weighted by Gasteiger charge is -2.11. The summed E-state index contributed by atoms with van der Waals surface area (Å²) in [5.74, 6) is 0.759. The molecule has 0 radical (unpaired) electrons. The Hall–Kier alpha value is -2.00. The van der Waals surface area contributed by atoms with Crippen LogP contribution in [0.2, 0.25) is 5.02 Å². The zero-order valence-corrected chi connectivity index (χ0v) is 13.7. The van der Waals surface area contributed by atoms with Crippen LogP contribution in [0.1, 0.15) is 23.6 Å². The lowest BCUT2D eigenvalue weighted by molar-refractivity contribution is -0.136. The Bertz CT molecular complexity index is 657. The second-order valence-corrected chi connectivity index (χ2v) is 5.47. The first-order chi connectivity index (χ1) is 10.5. The molecule has 0 N–H and O–H groups in total. The van der Waals surface area contributed by atoms with Crippen LogP contribution in [-0.2, 0) is 11.2 Å². The minimum Gasteiger partial charge on any atom is -0.482 e. The molecule has 0 amide bonds. The maximum atomic E-state index is 11.9. The van der Waals surface area contributed by atoms with Gasteiger partial charge in [0.2, 0.25) is 0 Å². The summed E-state index contributed by atoms with van der Waals surface area (Å²) in [6, 6.07) is 11.1. The molecule has 0 aliphatic heterocycles. The molecule has 0 fully saturated rings. The molecule has 4 heteroatoms. The summed E-state index contributed by atoms with van der Waals surface area (Å²) in [5, 5.41) is 0.688. The molecule has 0 heterocycles. The van der Waals surface area contributed by atoms with Crippen molar-refractivity contribution in [1.82, 2.24) is 0 Å². The average molecular weight is 319 g/mol. The summed E-state index contributed by atoms with van der Waals surface area (Å²) in [6.07, 6.45) is 0.848. The van der Waals surface area contributed by atoms with Crippen molar-refractivity contribution >= 4 is 17.6 Å². The van der Waals surface area contributed by atoms with Crippen molar-refractivity contribution in [3.8, 4) is 11.5 Å². The summed E-state index contributed by atoms with van der Waals surface area (Å²) in [4.78, 5) is 11.9. The van der Waals surface area contributed by atoms with Crippen molar-refractivity contribution in [1.29, 1.82) is 0 Å². The highest BCUT2D eigenvalue weighted by Crippen LogP contribution is 2.26. The van der Waals surface area contributed by atoms with Crippen molar-refractivity contribution in [3.05, 3.63) is 58.1 Å². The summed E-state index contributed by atoms with van der Waals surface area (Å²) in [6.45, 7) is 5.67. The number of aryl methyl sites for hydroxylation is 3. The van der Waals surface area contributed by atoms with Crippen LogP contribution in [-0.4, -0.2) is 12.6 Å². The Kier molecular flexibility index (Phi) is 5.45. The molecule has 2 aromatic carbocycles. The summed E-state index contributed by atoms with van der Waals surface area (Å²) < 4.78 is 10.8. The Morgan fingerprint density at radius 1 is 1.14 bits per heavy atom. The molecular formula is C18H19ClO3. The Labute approximate surface area is 135 Å². The first-order valence-corrected chi connectivity index (χ1v) is 7.57. The number of halogens is 1. The van der Waals surface area contributed by atoms with Gasteiger partial charge in [0.05, 0.1) is 0 Å². The number of carbonyl (C=O) groups excluding carboxylic acids is 1. The van der Waals surface area contributed by atoms with E-state index >= 15 is 0 Å². The maximum absolute atomic E-state index is 11.9. The Morgan fingerprint density at radius 2 is 1.77 bits per heavy atom. The smallest absolute Gasteiger partial charge is 0.349 e. The van der Waals surface area contributed by atoms with E-state index in [-0.39, 0.29) is 6.61 Å². The molecule has 116 valence electrons. The van der Waals surface area contributed by atoms with E-state index < -0.39 is 5.97 Å². The van der Waals surface area contributed by atoms with E-state index in [9.17, 15) is 4.79 Å². The highest BCUT2D eigenvalue weighted by Gasteiger charge is 2.10. The third-order valence-electron chi connectivity index (χ3n) is 3.34. The van der Waals surface area contributed by atoms with Gasteiger partial charge in [-0.2, -0.15) is 0 Å². The van der Waals surface area contributed by atoms with Gasteiger partial charge in [0.15, 0.2) is 6.61 Å². The van der Waals surface area contributed by atoms with Gasteiger partial charge in [0, 0.05) is 5.02 Å². The number of ether oxygens (including phenoxy) is 2. The van der Waals surface area contributed by atoms with Crippen LogP contribution < -0.4 is 9.47 Å². The molecule has 0 aliphatic rings. The Balaban J connectivity index is 1.99. The topological polar surface area (TPSA) is 35.5 Å². The number of esters is 1. The van der Waals surface area contributed by atoms with Crippen molar-refractivity contribution < 1.29 is 14.3 Å². The zero-order chi connectivity index (χ0) is 16.1. The first kappa shape index (κ1) is 16.4. The summed E-state index contributed by atoms with van der Waals surface area (Å²) in [5.41, 5.74) is 2.82. The molecule has 0 unspecified atom stereocenters. The van der Waals surface area contributed by atoms with Crippen LogP contribution in [0.3, 0.4) is 0 Å². The van der Waals surface area contributed by atoms with Gasteiger partial charge in [-0.1, -0.05) is 36.7 Å². The summed E-state index contributed by atoms with van der Waals surface area (Å²) in [7, 11) is 0. The van der Waals surface area contributed by atoms with E-state index in [4.69, 9.17) is 21.1 Å². The molecule has 2 rings (SSSR count). The third kappa shape index (κ3) is 4.01. The van der Waals surface area contributed by atoms with Gasteiger partial charge in [-0.25, -0.2) is 4.79 Å². The van der Waals surface area contributed by atoms with Crippen LogP contribution in [0.5, 0.6) is 11.5 Å². The van der Waals surface area contributed by atoms with Gasteiger partial charge in [-0.3, -0.25) is 0 Å². The van der Waals surface area contributed by atoms with Gasteiger partial charge >= 0.3 is 5.97 Å². The number of para-hydroxylation sites is 1.